The summed E-state index contributed by atoms with van der Waals surface area (Å²) in [4.78, 5) is 16.9. The van der Waals surface area contributed by atoms with Gasteiger partial charge in [-0.2, -0.15) is 5.10 Å². The topological polar surface area (TPSA) is 74.9 Å². The SMILES string of the molecule is COc1ccc(OC)c(/C=N\OC(=O)c2c(I)cnn2C)c1. The predicted molar refractivity (Wildman–Crippen MR) is 88.5 cm³/mol. The van der Waals surface area contributed by atoms with Crippen LogP contribution in [0.3, 0.4) is 0 Å². The summed E-state index contributed by atoms with van der Waals surface area (Å²) in [6, 6.07) is 5.23. The van der Waals surface area contributed by atoms with Crippen LogP contribution in [-0.2, 0) is 11.9 Å². The lowest BCUT2D eigenvalue weighted by Gasteiger charge is -2.06. The highest BCUT2D eigenvalue weighted by molar-refractivity contribution is 14.1. The third kappa shape index (κ3) is 3.56. The molecule has 22 heavy (non-hydrogen) atoms. The molecule has 1 aromatic heterocycles. The van der Waals surface area contributed by atoms with Crippen LogP contribution < -0.4 is 9.47 Å². The molecule has 0 aliphatic carbocycles. The molecule has 0 spiro atoms. The number of carbonyl (C=O) groups is 1. The molecule has 0 radical (unpaired) electrons. The van der Waals surface area contributed by atoms with Crippen molar-refractivity contribution >= 4 is 34.8 Å². The van der Waals surface area contributed by atoms with Crippen LogP contribution in [0.4, 0.5) is 0 Å². The Morgan fingerprint density at radius 2 is 2.14 bits per heavy atom. The second-order valence-corrected chi connectivity index (χ2v) is 5.35. The molecular formula is C14H14IN3O4. The van der Waals surface area contributed by atoms with E-state index in [1.54, 1.807) is 45.7 Å². The van der Waals surface area contributed by atoms with Gasteiger partial charge in [0.1, 0.15) is 11.5 Å². The third-order valence-corrected chi connectivity index (χ3v) is 3.64. The Morgan fingerprint density at radius 1 is 1.36 bits per heavy atom. The normalized spacial score (nSPS) is 10.7. The Balaban J connectivity index is 2.14. The fourth-order valence-corrected chi connectivity index (χ4v) is 2.45. The summed E-state index contributed by atoms with van der Waals surface area (Å²) in [5.41, 5.74) is 0.977. The average Bonchev–Trinajstić information content (AvgIpc) is 2.86. The van der Waals surface area contributed by atoms with Crippen molar-refractivity contribution in [1.29, 1.82) is 0 Å². The number of methoxy groups -OCH3 is 2. The van der Waals surface area contributed by atoms with Crippen LogP contribution in [0.2, 0.25) is 0 Å². The summed E-state index contributed by atoms with van der Waals surface area (Å²) in [5.74, 6) is 0.660. The van der Waals surface area contributed by atoms with Gasteiger partial charge in [0.15, 0.2) is 5.69 Å². The van der Waals surface area contributed by atoms with Crippen LogP contribution in [0, 0.1) is 3.57 Å². The van der Waals surface area contributed by atoms with Gasteiger partial charge in [-0.25, -0.2) is 4.79 Å². The summed E-state index contributed by atoms with van der Waals surface area (Å²) in [6.07, 6.45) is 2.97. The van der Waals surface area contributed by atoms with Crippen molar-refractivity contribution < 1.29 is 19.1 Å². The molecule has 2 aromatic rings. The van der Waals surface area contributed by atoms with Gasteiger partial charge in [0.2, 0.25) is 0 Å². The Labute approximate surface area is 141 Å². The highest BCUT2D eigenvalue weighted by Gasteiger charge is 2.16. The number of oxime groups is 1. The molecule has 0 unspecified atom stereocenters. The molecule has 0 amide bonds. The number of aromatic nitrogens is 2. The van der Waals surface area contributed by atoms with Gasteiger partial charge in [-0.1, -0.05) is 5.16 Å². The summed E-state index contributed by atoms with van der Waals surface area (Å²) in [6.45, 7) is 0. The van der Waals surface area contributed by atoms with Gasteiger partial charge in [0, 0.05) is 12.6 Å². The Bertz CT molecular complexity index is 693. The van der Waals surface area contributed by atoms with Gasteiger partial charge in [-0.15, -0.1) is 0 Å². The monoisotopic (exact) mass is 415 g/mol. The van der Waals surface area contributed by atoms with Crippen molar-refractivity contribution in [3.8, 4) is 11.5 Å². The smallest absolute Gasteiger partial charge is 0.384 e. The van der Waals surface area contributed by atoms with Crippen molar-refractivity contribution in [2.24, 2.45) is 12.2 Å². The number of nitrogens with zero attached hydrogens (tertiary/aromatic N) is 3. The van der Waals surface area contributed by atoms with E-state index in [9.17, 15) is 4.79 Å². The van der Waals surface area contributed by atoms with Gasteiger partial charge in [0.05, 0.1) is 30.2 Å². The van der Waals surface area contributed by atoms with Crippen LogP contribution >= 0.6 is 22.6 Å². The maximum absolute atomic E-state index is 12.0. The zero-order valence-electron chi connectivity index (χ0n) is 12.2. The van der Waals surface area contributed by atoms with E-state index in [2.05, 4.69) is 10.3 Å². The largest absolute Gasteiger partial charge is 0.497 e. The third-order valence-electron chi connectivity index (χ3n) is 2.85. The molecule has 116 valence electrons. The number of benzene rings is 1. The molecule has 7 nitrogen and oxygen atoms in total. The zero-order chi connectivity index (χ0) is 16.1. The Hall–Kier alpha value is -2.10. The fraction of sp³-hybridized carbons (Fsp3) is 0.214. The first-order valence-electron chi connectivity index (χ1n) is 6.21. The van der Waals surface area contributed by atoms with E-state index in [-0.39, 0.29) is 0 Å². The van der Waals surface area contributed by atoms with Gasteiger partial charge >= 0.3 is 5.97 Å². The average molecular weight is 415 g/mol. The van der Waals surface area contributed by atoms with Crippen LogP contribution in [0.1, 0.15) is 16.1 Å². The van der Waals surface area contributed by atoms with E-state index < -0.39 is 5.97 Å². The van der Waals surface area contributed by atoms with Gasteiger partial charge in [0.25, 0.3) is 0 Å². The van der Waals surface area contributed by atoms with E-state index in [0.29, 0.717) is 26.3 Å². The molecule has 8 heteroatoms. The number of ether oxygens (including phenoxy) is 2. The Kier molecular flexibility index (Phi) is 5.36. The van der Waals surface area contributed by atoms with Gasteiger partial charge in [-0.05, 0) is 40.8 Å². The minimum Gasteiger partial charge on any atom is -0.497 e. The number of carbonyl (C=O) groups excluding carboxylic acids is 1. The van der Waals surface area contributed by atoms with Crippen molar-refractivity contribution in [2.75, 3.05) is 14.2 Å². The fourth-order valence-electron chi connectivity index (χ4n) is 1.75. The van der Waals surface area contributed by atoms with Crippen LogP contribution in [0.5, 0.6) is 11.5 Å². The van der Waals surface area contributed by atoms with E-state index >= 15 is 0 Å². The molecular weight excluding hydrogens is 401 g/mol. The van der Waals surface area contributed by atoms with Gasteiger partial charge < -0.3 is 14.3 Å². The maximum atomic E-state index is 12.0. The van der Waals surface area contributed by atoms with E-state index in [0.717, 1.165) is 0 Å². The predicted octanol–water partition coefficient (Wildman–Crippen LogP) is 2.23. The highest BCUT2D eigenvalue weighted by Crippen LogP contribution is 2.22. The lowest BCUT2D eigenvalue weighted by Crippen LogP contribution is -2.09. The second-order valence-electron chi connectivity index (χ2n) is 4.19. The number of aryl methyl sites for hydroxylation is 1. The van der Waals surface area contributed by atoms with Crippen LogP contribution in [0.25, 0.3) is 0 Å². The summed E-state index contributed by atoms with van der Waals surface area (Å²) in [7, 11) is 4.77. The highest BCUT2D eigenvalue weighted by atomic mass is 127. The van der Waals surface area contributed by atoms with Crippen LogP contribution in [0.15, 0.2) is 29.6 Å². The quantitative estimate of drug-likeness (QED) is 0.324. The molecule has 0 aliphatic heterocycles. The second kappa shape index (κ2) is 7.25. The number of hydrogen-bond donors (Lipinski definition) is 0. The lowest BCUT2D eigenvalue weighted by molar-refractivity contribution is 0.0505. The number of rotatable bonds is 5. The lowest BCUT2D eigenvalue weighted by atomic mass is 10.2. The van der Waals surface area contributed by atoms with E-state index in [4.69, 9.17) is 14.3 Å². The van der Waals surface area contributed by atoms with Crippen molar-refractivity contribution in [1.82, 2.24) is 9.78 Å². The molecule has 0 fully saturated rings. The first-order valence-corrected chi connectivity index (χ1v) is 7.29. The van der Waals surface area contributed by atoms with Crippen molar-refractivity contribution in [2.45, 2.75) is 0 Å². The first-order chi connectivity index (χ1) is 10.6. The Morgan fingerprint density at radius 3 is 2.73 bits per heavy atom. The minimum absolute atomic E-state index is 0.343. The summed E-state index contributed by atoms with van der Waals surface area (Å²) in [5, 5.41) is 7.68. The van der Waals surface area contributed by atoms with Crippen molar-refractivity contribution in [3.05, 3.63) is 39.2 Å². The molecule has 1 heterocycles. The first kappa shape index (κ1) is 16.3. The van der Waals surface area contributed by atoms with Crippen molar-refractivity contribution in [3.63, 3.8) is 0 Å². The summed E-state index contributed by atoms with van der Waals surface area (Å²) >= 11 is 2.01. The molecule has 0 aliphatic rings. The molecule has 0 bridgehead atoms. The number of halogens is 1. The van der Waals surface area contributed by atoms with Crippen LogP contribution in [-0.4, -0.2) is 36.2 Å². The molecule has 0 N–H and O–H groups in total. The molecule has 1 aromatic carbocycles. The van der Waals surface area contributed by atoms with E-state index in [1.807, 2.05) is 22.6 Å². The minimum atomic E-state index is -0.581. The zero-order valence-corrected chi connectivity index (χ0v) is 14.4. The summed E-state index contributed by atoms with van der Waals surface area (Å²) < 4.78 is 12.5. The molecule has 0 saturated heterocycles. The van der Waals surface area contributed by atoms with Gasteiger partial charge in [-0.3, -0.25) is 4.68 Å². The molecule has 2 rings (SSSR count). The molecule has 0 saturated carbocycles. The number of hydrogen-bond acceptors (Lipinski definition) is 6. The maximum Gasteiger partial charge on any atom is 0.384 e. The molecule has 0 atom stereocenters. The standard InChI is InChI=1S/C14H14IN3O4/c1-18-13(11(15)8-16-18)14(19)22-17-7-9-6-10(20-2)4-5-12(9)21-3/h4-8H,1-3H3/b17-7-. The van der Waals surface area contributed by atoms with E-state index in [1.165, 1.54) is 10.9 Å².